The van der Waals surface area contributed by atoms with Crippen molar-refractivity contribution in [1.82, 2.24) is 9.80 Å². The second-order valence-corrected chi connectivity index (χ2v) is 7.38. The second kappa shape index (κ2) is 7.78. The van der Waals surface area contributed by atoms with Crippen molar-refractivity contribution in [3.63, 3.8) is 0 Å². The summed E-state index contributed by atoms with van der Waals surface area (Å²) >= 11 is 0. The number of para-hydroxylation sites is 4. The average Bonchev–Trinajstić information content (AvgIpc) is 2.82. The summed E-state index contributed by atoms with van der Waals surface area (Å²) in [6.07, 6.45) is -1.34. The van der Waals surface area contributed by atoms with Crippen LogP contribution in [0.5, 0.6) is 23.0 Å². The number of rotatable bonds is 2. The highest BCUT2D eigenvalue weighted by Crippen LogP contribution is 2.32. The van der Waals surface area contributed by atoms with Crippen LogP contribution in [0.3, 0.4) is 0 Å². The maximum Gasteiger partial charge on any atom is 0.267 e. The minimum absolute atomic E-state index is 0.122. The maximum absolute atomic E-state index is 12.9. The number of carbonyl (C=O) groups excluding carboxylic acids is 2. The molecule has 30 heavy (non-hydrogen) atoms. The zero-order valence-electron chi connectivity index (χ0n) is 16.4. The van der Waals surface area contributed by atoms with Gasteiger partial charge in [-0.2, -0.15) is 0 Å². The molecule has 0 saturated carbocycles. The molecule has 8 heteroatoms. The molecule has 0 unspecified atom stereocenters. The van der Waals surface area contributed by atoms with E-state index in [1.165, 1.54) is 0 Å². The van der Waals surface area contributed by atoms with Gasteiger partial charge in [-0.3, -0.25) is 9.59 Å². The summed E-state index contributed by atoms with van der Waals surface area (Å²) in [5, 5.41) is 0. The fourth-order valence-corrected chi connectivity index (χ4v) is 3.84. The number of piperazine rings is 1. The third-order valence-electron chi connectivity index (χ3n) is 5.47. The molecule has 2 aromatic rings. The molecule has 0 bridgehead atoms. The Morgan fingerprint density at radius 2 is 1.00 bits per heavy atom. The quantitative estimate of drug-likeness (QED) is 0.744. The Kier molecular flexibility index (Phi) is 4.82. The highest BCUT2D eigenvalue weighted by molar-refractivity contribution is 5.84. The van der Waals surface area contributed by atoms with E-state index in [4.69, 9.17) is 18.9 Å². The van der Waals surface area contributed by atoms with Crippen LogP contribution in [0.2, 0.25) is 0 Å². The maximum atomic E-state index is 12.9. The third kappa shape index (κ3) is 3.49. The van der Waals surface area contributed by atoms with Gasteiger partial charge in [0.25, 0.3) is 11.8 Å². The van der Waals surface area contributed by atoms with Gasteiger partial charge in [0, 0.05) is 26.2 Å². The molecule has 2 aromatic carbocycles. The molecule has 0 radical (unpaired) electrons. The molecule has 3 aliphatic rings. The summed E-state index contributed by atoms with van der Waals surface area (Å²) in [5.41, 5.74) is 0. The first-order valence-corrected chi connectivity index (χ1v) is 10.0. The van der Waals surface area contributed by atoms with Crippen molar-refractivity contribution in [1.29, 1.82) is 0 Å². The monoisotopic (exact) mass is 410 g/mol. The number of fused-ring (bicyclic) bond motifs is 2. The number of hydrogen-bond acceptors (Lipinski definition) is 6. The summed E-state index contributed by atoms with van der Waals surface area (Å²) in [6.45, 7) is 2.13. The molecule has 8 nitrogen and oxygen atoms in total. The van der Waals surface area contributed by atoms with Gasteiger partial charge in [-0.15, -0.1) is 0 Å². The fraction of sp³-hybridized carbons (Fsp3) is 0.364. The molecule has 1 fully saturated rings. The molecule has 3 heterocycles. The highest BCUT2D eigenvalue weighted by atomic mass is 16.6. The van der Waals surface area contributed by atoms with Gasteiger partial charge in [0.2, 0.25) is 12.2 Å². The predicted octanol–water partition coefficient (Wildman–Crippen LogP) is 1.34. The van der Waals surface area contributed by atoms with Gasteiger partial charge in [0.1, 0.15) is 13.2 Å². The molecular formula is C22H22N2O6. The predicted molar refractivity (Wildman–Crippen MR) is 106 cm³/mol. The molecule has 5 rings (SSSR count). The van der Waals surface area contributed by atoms with Crippen molar-refractivity contribution in [2.45, 2.75) is 12.2 Å². The van der Waals surface area contributed by atoms with E-state index >= 15 is 0 Å². The molecular weight excluding hydrogens is 388 g/mol. The fourth-order valence-electron chi connectivity index (χ4n) is 3.84. The Balaban J connectivity index is 1.16. The van der Waals surface area contributed by atoms with Crippen molar-refractivity contribution in [2.75, 3.05) is 39.4 Å². The van der Waals surface area contributed by atoms with Crippen molar-refractivity contribution in [2.24, 2.45) is 0 Å². The highest BCUT2D eigenvalue weighted by Gasteiger charge is 2.36. The number of nitrogens with zero attached hydrogens (tertiary/aromatic N) is 2. The first-order chi connectivity index (χ1) is 14.7. The second-order valence-electron chi connectivity index (χ2n) is 7.38. The van der Waals surface area contributed by atoms with Crippen LogP contribution in [-0.4, -0.2) is 73.2 Å². The third-order valence-corrected chi connectivity index (χ3v) is 5.47. The topological polar surface area (TPSA) is 77.5 Å². The minimum Gasteiger partial charge on any atom is -0.485 e. The molecule has 2 atom stereocenters. The number of carbonyl (C=O) groups is 2. The number of amides is 2. The van der Waals surface area contributed by atoms with Gasteiger partial charge in [-0.05, 0) is 24.3 Å². The van der Waals surface area contributed by atoms with Crippen molar-refractivity contribution in [3.05, 3.63) is 48.5 Å². The molecule has 2 amide bonds. The first-order valence-electron chi connectivity index (χ1n) is 10.0. The molecule has 0 spiro atoms. The number of hydrogen-bond donors (Lipinski definition) is 0. The van der Waals surface area contributed by atoms with E-state index in [9.17, 15) is 9.59 Å². The molecule has 1 saturated heterocycles. The van der Waals surface area contributed by atoms with Crippen LogP contribution in [-0.2, 0) is 9.59 Å². The lowest BCUT2D eigenvalue weighted by Gasteiger charge is -2.38. The molecule has 156 valence electrons. The lowest BCUT2D eigenvalue weighted by atomic mass is 10.2. The van der Waals surface area contributed by atoms with Gasteiger partial charge in [0.15, 0.2) is 23.0 Å². The largest absolute Gasteiger partial charge is 0.485 e. The van der Waals surface area contributed by atoms with Crippen LogP contribution in [0, 0.1) is 0 Å². The molecule has 0 aromatic heterocycles. The SMILES string of the molecule is O=C([C@@H]1COc2ccccc2O1)N1CCN(C(=O)[C@@H]2COc3ccccc3O2)CC1. The van der Waals surface area contributed by atoms with Crippen LogP contribution < -0.4 is 18.9 Å². The standard InChI is InChI=1S/C22H22N2O6/c25-21(19-13-27-15-5-1-3-7-17(15)29-19)23-9-11-24(12-10-23)22(26)20-14-28-16-6-2-4-8-18(16)30-20/h1-8,19-20H,9-14H2/t19-,20-/m0/s1. The van der Waals surface area contributed by atoms with Crippen molar-refractivity contribution in [3.8, 4) is 23.0 Å². The first kappa shape index (κ1) is 18.6. The molecule has 0 N–H and O–H groups in total. The van der Waals surface area contributed by atoms with Gasteiger partial charge in [-0.1, -0.05) is 24.3 Å². The number of ether oxygens (including phenoxy) is 4. The lowest BCUT2D eigenvalue weighted by molar-refractivity contribution is -0.149. The normalized spacial score (nSPS) is 22.4. The van der Waals surface area contributed by atoms with Gasteiger partial charge in [0.05, 0.1) is 0 Å². The summed E-state index contributed by atoms with van der Waals surface area (Å²) < 4.78 is 22.9. The summed E-state index contributed by atoms with van der Waals surface area (Å²) in [7, 11) is 0. The van der Waals surface area contributed by atoms with Gasteiger partial charge >= 0.3 is 0 Å². The summed E-state index contributed by atoms with van der Waals surface area (Å²) in [6, 6.07) is 14.6. The number of benzene rings is 2. The van der Waals surface area contributed by atoms with Gasteiger partial charge < -0.3 is 28.7 Å². The summed E-state index contributed by atoms with van der Waals surface area (Å²) in [4.78, 5) is 29.1. The van der Waals surface area contributed by atoms with Crippen molar-refractivity contribution >= 4 is 11.8 Å². The molecule has 3 aliphatic heterocycles. The van der Waals surface area contributed by atoms with E-state index in [0.717, 1.165) is 0 Å². The summed E-state index contributed by atoms with van der Waals surface area (Å²) in [5.74, 6) is 2.20. The molecule has 0 aliphatic carbocycles. The van der Waals surface area contributed by atoms with E-state index in [2.05, 4.69) is 0 Å². The Morgan fingerprint density at radius 1 is 0.633 bits per heavy atom. The Morgan fingerprint density at radius 3 is 1.40 bits per heavy atom. The van der Waals surface area contributed by atoms with E-state index < -0.39 is 12.2 Å². The average molecular weight is 410 g/mol. The smallest absolute Gasteiger partial charge is 0.267 e. The zero-order chi connectivity index (χ0) is 20.5. The Hall–Kier alpha value is -3.42. The van der Waals surface area contributed by atoms with Gasteiger partial charge in [-0.25, -0.2) is 0 Å². The minimum atomic E-state index is -0.672. The van der Waals surface area contributed by atoms with Crippen LogP contribution in [0.15, 0.2) is 48.5 Å². The van der Waals surface area contributed by atoms with E-state index in [1.54, 1.807) is 21.9 Å². The Bertz CT molecular complexity index is 879. The van der Waals surface area contributed by atoms with E-state index in [1.807, 2.05) is 36.4 Å². The lowest BCUT2D eigenvalue weighted by Crippen LogP contribution is -2.57. The van der Waals surface area contributed by atoms with E-state index in [0.29, 0.717) is 49.2 Å². The van der Waals surface area contributed by atoms with Crippen molar-refractivity contribution < 1.29 is 28.5 Å². The van der Waals surface area contributed by atoms with E-state index in [-0.39, 0.29) is 25.0 Å². The van der Waals surface area contributed by atoms with Crippen LogP contribution >= 0.6 is 0 Å². The zero-order valence-corrected chi connectivity index (χ0v) is 16.4. The van der Waals surface area contributed by atoms with Crippen LogP contribution in [0.1, 0.15) is 0 Å². The van der Waals surface area contributed by atoms with Crippen LogP contribution in [0.4, 0.5) is 0 Å². The Labute approximate surface area is 173 Å². The van der Waals surface area contributed by atoms with Crippen LogP contribution in [0.25, 0.3) is 0 Å².